The summed E-state index contributed by atoms with van der Waals surface area (Å²) in [5, 5.41) is 71.1. The number of aliphatic hydroxyl groups excluding tert-OH is 1. The van der Waals surface area contributed by atoms with Crippen molar-refractivity contribution in [3.63, 3.8) is 0 Å². The third-order valence-corrected chi connectivity index (χ3v) is 20.8. The fourth-order valence-electron chi connectivity index (χ4n) is 12.4. The first kappa shape index (κ1) is 123. The van der Waals surface area contributed by atoms with Crippen LogP contribution in [0.1, 0.15) is 151 Å². The van der Waals surface area contributed by atoms with Crippen LogP contribution in [-0.2, 0) is 24.0 Å². The molecule has 0 spiro atoms. The molecule has 0 unspecified atom stereocenters. The zero-order chi connectivity index (χ0) is 102. The van der Waals surface area contributed by atoms with Gasteiger partial charge in [0.2, 0.25) is 40.2 Å². The summed E-state index contributed by atoms with van der Waals surface area (Å²) in [4.78, 5) is 58.0. The largest absolute Gasteiger partial charge is 1.00 e. The molecular formula is C97H99BBr5ClF6K2N12O19. The zero-order valence-electron chi connectivity index (χ0n) is 79.5. The van der Waals surface area contributed by atoms with Crippen LogP contribution in [0.2, 0.25) is 0 Å². The Labute approximate surface area is 953 Å². The summed E-state index contributed by atoms with van der Waals surface area (Å²) < 4.78 is 143. The van der Waals surface area contributed by atoms with E-state index in [-0.39, 0.29) is 224 Å². The third kappa shape index (κ3) is 41.7. The number of halogens is 12. The molecule has 0 bridgehead atoms. The maximum Gasteiger partial charge on any atom is 1.00 e. The molecule has 6 aromatic heterocycles. The predicted molar refractivity (Wildman–Crippen MR) is 534 cm³/mol. The Hall–Kier alpha value is -8.98. The molecule has 0 saturated carbocycles. The second kappa shape index (κ2) is 67.7. The molecule has 8 aromatic carbocycles. The van der Waals surface area contributed by atoms with Crippen LogP contribution in [-0.4, -0.2) is 146 Å². The van der Waals surface area contributed by atoms with Gasteiger partial charge in [0.25, 0.3) is 41.8 Å². The number of hydrogen-bond donors (Lipinski definition) is 4. The number of alkyl halides is 2. The fraction of sp³-hybridized carbons (Fsp3) is 0.309. The standard InChI is InChI=1S/C48H51F3N6O6.C30H15F3N6O6.C9H15BrO2.C6H13BrO.C3H3ClO.CH2O3.BBr3.2K.H/c1-4-7-10-13-22-58-40-19-16-31(28-37(40)49)43-52-46(61-55-43)34-25-35(47-53-44(56-62-47)32-17-20-41(38(50)29-32)59-23-14-11-8-5-2)27-36(26-34)48-54-45(57-63-48)33-18-21-42(39(51)30-33)60-24-15-12-9-6-3;31-19-10-13(1-4-22(19)40)25-34-28(43-37-25)16-7-17(29-35-26(38-44-29)14-2-5-23(41)20(32)11-14)9-18(8-16)30-36-27(39-45-30)15-3-6-24(42)21(33)12-15;1-2-9(11)12-8-6-4-3-5-7-10;7-5-3-1-2-4-6-8;1-2-3(4)5;2-1-4-3;2-1(3)4;;;/h16-21,25-30H,4-15,22-24H2,1-3H3;1-12,40-42H;2H,1,3-8H2;8H,1-6H2;2H,1H2;1,3H;;;;/q;;;;;;;2*+1;-1/p-1. The second-order valence-electron chi connectivity index (χ2n) is 30.0. The average Bonchev–Trinajstić information content (AvgIpc) is 1.63. The molecule has 143 heavy (non-hydrogen) atoms. The molecule has 0 aliphatic rings. The number of aliphatic hydroxyl groups is 1. The van der Waals surface area contributed by atoms with E-state index in [0.29, 0.717) is 83.1 Å². The number of unbranched alkanes of at least 4 members (excludes halogenated alkanes) is 15. The van der Waals surface area contributed by atoms with Crippen molar-refractivity contribution in [3.05, 3.63) is 206 Å². The summed E-state index contributed by atoms with van der Waals surface area (Å²) in [5.74, 6) is -5.10. The van der Waals surface area contributed by atoms with Gasteiger partial charge in [-0.15, -0.1) is 47.3 Å². The van der Waals surface area contributed by atoms with Gasteiger partial charge in [0.05, 0.1) is 26.4 Å². The van der Waals surface area contributed by atoms with E-state index in [1.165, 1.54) is 74.6 Å². The average molecular weight is 2370 g/mol. The van der Waals surface area contributed by atoms with Crippen LogP contribution in [0.15, 0.2) is 198 Å². The van der Waals surface area contributed by atoms with E-state index in [9.17, 15) is 38.1 Å². The number of esters is 1. The number of carbonyl (C=O) groups is 3. The Morgan fingerprint density at radius 2 is 0.601 bits per heavy atom. The summed E-state index contributed by atoms with van der Waals surface area (Å²) in [5.41, 5.74) is 3.96. The minimum absolute atomic E-state index is 0. The minimum Gasteiger partial charge on any atom is -1.00 e. The van der Waals surface area contributed by atoms with Gasteiger partial charge in [-0.1, -0.05) is 180 Å². The number of phenolic OH excluding ortho intramolecular Hbond substituents is 3. The molecule has 0 aliphatic heterocycles. The van der Waals surface area contributed by atoms with Gasteiger partial charge in [0.15, 0.2) is 69.4 Å². The van der Waals surface area contributed by atoms with E-state index in [2.05, 4.69) is 179 Å². The van der Waals surface area contributed by atoms with E-state index >= 15 is 13.2 Å². The molecule has 4 N–H and O–H groups in total. The van der Waals surface area contributed by atoms with Crippen molar-refractivity contribution in [3.8, 4) is 172 Å². The molecule has 0 atom stereocenters. The van der Waals surface area contributed by atoms with Crippen molar-refractivity contribution >= 4 is 112 Å². The molecule has 6 heterocycles. The number of benzene rings is 8. The number of aromatic nitrogens is 12. The first-order chi connectivity index (χ1) is 68.2. The summed E-state index contributed by atoms with van der Waals surface area (Å²) in [6.45, 7) is 14.7. The van der Waals surface area contributed by atoms with Gasteiger partial charge in [-0.2, -0.15) is 29.9 Å². The van der Waals surface area contributed by atoms with E-state index in [4.69, 9.17) is 72.8 Å². The Bertz CT molecular complexity index is 5730. The van der Waals surface area contributed by atoms with E-state index in [0.717, 1.165) is 149 Å². The molecule has 750 valence electrons. The number of nitrogens with zero attached hydrogens (tertiary/aromatic N) is 12. The maximum atomic E-state index is 15.1. The Morgan fingerprint density at radius 1 is 0.378 bits per heavy atom. The second-order valence-corrected chi connectivity index (χ2v) is 38.4. The van der Waals surface area contributed by atoms with E-state index < -0.39 is 57.4 Å². The van der Waals surface area contributed by atoms with E-state index in [1.54, 1.807) is 72.8 Å². The van der Waals surface area contributed by atoms with Gasteiger partial charge < -0.3 is 78.1 Å². The van der Waals surface area contributed by atoms with Crippen molar-refractivity contribution in [1.82, 2.24) is 60.8 Å². The monoisotopic (exact) mass is 2370 g/mol. The van der Waals surface area contributed by atoms with Crippen molar-refractivity contribution in [2.45, 2.75) is 149 Å². The number of aromatic hydroxyl groups is 3. The van der Waals surface area contributed by atoms with Gasteiger partial charge in [0.1, 0.15) is 0 Å². The van der Waals surface area contributed by atoms with Crippen molar-refractivity contribution in [2.75, 3.05) is 43.7 Å². The molecule has 14 aromatic rings. The first-order valence-electron chi connectivity index (χ1n) is 44.3. The quantitative estimate of drug-likeness (QED) is 0.00263. The van der Waals surface area contributed by atoms with Crippen LogP contribution in [0.25, 0.3) is 137 Å². The summed E-state index contributed by atoms with van der Waals surface area (Å²) >= 11 is 20.7. The molecular weight excluding hydrogens is 2280 g/mol. The molecule has 0 radical (unpaired) electrons. The van der Waals surface area contributed by atoms with Crippen molar-refractivity contribution in [2.24, 2.45) is 0 Å². The number of phenols is 3. The van der Waals surface area contributed by atoms with Crippen molar-refractivity contribution in [1.29, 1.82) is 0 Å². The van der Waals surface area contributed by atoms with Gasteiger partial charge in [-0.25, -0.2) is 31.1 Å². The number of carbonyl (C=O) groups excluding carboxylic acids is 3. The van der Waals surface area contributed by atoms with Crippen LogP contribution in [0, 0.1) is 34.9 Å². The normalized spacial score (nSPS) is 10.4. The molecule has 0 aliphatic carbocycles. The minimum atomic E-state index is -0.871. The van der Waals surface area contributed by atoms with Crippen molar-refractivity contribution < 1.29 is 222 Å². The Kier molecular flexibility index (Phi) is 58.1. The molecule has 14 rings (SSSR count). The zero-order valence-corrected chi connectivity index (χ0v) is 93.4. The molecule has 0 fully saturated rings. The summed E-state index contributed by atoms with van der Waals surface area (Å²) in [6.07, 6.45) is 23.4. The molecule has 0 amide bonds. The van der Waals surface area contributed by atoms with Gasteiger partial charge >= 0.3 is 112 Å². The van der Waals surface area contributed by atoms with Gasteiger partial charge in [-0.3, -0.25) is 9.59 Å². The molecule has 0 saturated heterocycles. The smallest absolute Gasteiger partial charge is 1.00 e. The number of ether oxygens (including phenoxy) is 4. The summed E-state index contributed by atoms with van der Waals surface area (Å²) in [6, 6.07) is 34.1. The molecule has 31 nitrogen and oxygen atoms in total. The maximum absolute atomic E-state index is 15.1. The van der Waals surface area contributed by atoms with Crippen LogP contribution in [0.4, 0.5) is 26.3 Å². The number of rotatable bonds is 44. The molecule has 46 heteroatoms. The number of hydrogen-bond acceptors (Lipinski definition) is 31. The third-order valence-electron chi connectivity index (χ3n) is 19.5. The van der Waals surface area contributed by atoms with E-state index in [1.807, 2.05) is 0 Å². The summed E-state index contributed by atoms with van der Waals surface area (Å²) in [7, 11) is 0. The SMILES string of the molecule is BrB(Br)Br.C=CC(=O)Cl.C=CC(=O)OCCCCCCBr.CCCCCCOc1ccc(-c2noc(-c3cc(-c4nc(-c5ccc(OCCCCCC)c(F)c5)no4)cc(-c4nc(-c5ccc(OCCCCCC)c(F)c5)no4)c3)n2)cc1F.O=CO[O-].OCCCCCCBr.Oc1ccc(-c2noc(-c3cc(-c4nc(-c5ccc(O)c(F)c5)no4)cc(-c4nc(-c5ccc(O)c(F)c5)no4)c3)n2)cc1F.[H-].[K+].[K+]. The fourth-order valence-corrected chi connectivity index (χ4v) is 13.2. The topological polar surface area (TPSA) is 435 Å². The Balaban J connectivity index is 0.000000388. The van der Waals surface area contributed by atoms with Crippen LogP contribution in [0.5, 0.6) is 34.5 Å². The number of allylic oxidation sites excluding steroid dienone is 1. The predicted octanol–water partition coefficient (Wildman–Crippen LogP) is 19.8. The van der Waals surface area contributed by atoms with Gasteiger partial charge in [0, 0.05) is 90.1 Å². The Morgan fingerprint density at radius 3 is 0.811 bits per heavy atom. The first-order valence-corrected chi connectivity index (χ1v) is 49.6. The van der Waals surface area contributed by atoms with Crippen LogP contribution < -0.4 is 122 Å². The van der Waals surface area contributed by atoms with Crippen LogP contribution in [0.3, 0.4) is 0 Å². The van der Waals surface area contributed by atoms with Gasteiger partial charge in [-0.05, 0) is 208 Å². The van der Waals surface area contributed by atoms with Crippen LogP contribution >= 0.6 is 90.7 Å².